The van der Waals surface area contributed by atoms with Gasteiger partial charge in [-0.1, -0.05) is 0 Å². The largest absolute Gasteiger partial charge is 0.391 e. The van der Waals surface area contributed by atoms with Gasteiger partial charge in [0.15, 0.2) is 0 Å². The summed E-state index contributed by atoms with van der Waals surface area (Å²) in [5.74, 6) is 0. The van der Waals surface area contributed by atoms with Crippen molar-refractivity contribution in [1.82, 2.24) is 9.78 Å². The van der Waals surface area contributed by atoms with Crippen molar-refractivity contribution in [3.05, 3.63) is 22.6 Å². The number of aromatic nitrogens is 2. The van der Waals surface area contributed by atoms with Crippen molar-refractivity contribution in [1.29, 1.82) is 0 Å². The predicted octanol–water partition coefficient (Wildman–Crippen LogP) is 1.18. The van der Waals surface area contributed by atoms with Crippen LogP contribution in [-0.4, -0.2) is 34.1 Å². The topological polar surface area (TPSA) is 58.4 Å². The summed E-state index contributed by atoms with van der Waals surface area (Å²) in [6.45, 7) is 5.81. The minimum absolute atomic E-state index is 0.120. The smallest absolute Gasteiger partial charge is 0.269 e. The second kappa shape index (κ2) is 5.52. The van der Waals surface area contributed by atoms with E-state index in [0.717, 1.165) is 38.0 Å². The Balaban J connectivity index is 2.27. The zero-order valence-electron chi connectivity index (χ0n) is 11.0. The third kappa shape index (κ3) is 2.41. The van der Waals surface area contributed by atoms with Crippen LogP contribution in [0.1, 0.15) is 39.2 Å². The highest BCUT2D eigenvalue weighted by molar-refractivity contribution is 5.42. The molecule has 5 nitrogen and oxygen atoms in total. The van der Waals surface area contributed by atoms with Gasteiger partial charge in [0.2, 0.25) is 0 Å². The van der Waals surface area contributed by atoms with Gasteiger partial charge >= 0.3 is 0 Å². The van der Waals surface area contributed by atoms with E-state index in [0.29, 0.717) is 0 Å². The second-order valence-corrected chi connectivity index (χ2v) is 4.73. The van der Waals surface area contributed by atoms with E-state index in [2.05, 4.69) is 23.8 Å². The maximum atomic E-state index is 12.1. The van der Waals surface area contributed by atoms with Gasteiger partial charge in [0.1, 0.15) is 0 Å². The molecule has 100 valence electrons. The van der Waals surface area contributed by atoms with Crippen molar-refractivity contribution < 1.29 is 5.11 Å². The molecule has 1 aliphatic rings. The van der Waals surface area contributed by atoms with E-state index in [4.69, 9.17) is 0 Å². The van der Waals surface area contributed by atoms with Crippen LogP contribution >= 0.6 is 0 Å². The summed E-state index contributed by atoms with van der Waals surface area (Å²) in [7, 11) is 0. The van der Waals surface area contributed by atoms with Crippen molar-refractivity contribution in [3.8, 4) is 0 Å². The van der Waals surface area contributed by atoms with E-state index in [1.807, 2.05) is 0 Å². The Labute approximate surface area is 107 Å². The number of aliphatic hydroxyl groups excluding tert-OH is 1. The van der Waals surface area contributed by atoms with Crippen LogP contribution in [0.25, 0.3) is 0 Å². The van der Waals surface area contributed by atoms with Crippen molar-refractivity contribution >= 4 is 5.69 Å². The van der Waals surface area contributed by atoms with Crippen LogP contribution in [0, 0.1) is 0 Å². The highest BCUT2D eigenvalue weighted by Crippen LogP contribution is 2.28. The summed E-state index contributed by atoms with van der Waals surface area (Å²) < 4.78 is 1.44. The molecule has 1 saturated carbocycles. The Kier molecular flexibility index (Phi) is 4.01. The molecule has 18 heavy (non-hydrogen) atoms. The highest BCUT2D eigenvalue weighted by Gasteiger charge is 2.28. The van der Waals surface area contributed by atoms with Crippen LogP contribution in [0.4, 0.5) is 5.69 Å². The number of aliphatic hydroxyl groups is 1. The van der Waals surface area contributed by atoms with Crippen LogP contribution < -0.4 is 10.5 Å². The fourth-order valence-electron chi connectivity index (χ4n) is 2.63. The van der Waals surface area contributed by atoms with E-state index >= 15 is 0 Å². The van der Waals surface area contributed by atoms with Crippen molar-refractivity contribution in [2.45, 2.75) is 45.3 Å². The summed E-state index contributed by atoms with van der Waals surface area (Å²) in [4.78, 5) is 14.2. The van der Waals surface area contributed by atoms with Crippen molar-refractivity contribution in [3.63, 3.8) is 0 Å². The van der Waals surface area contributed by atoms with Gasteiger partial charge < -0.3 is 10.0 Å². The third-order valence-electron chi connectivity index (χ3n) is 3.70. The van der Waals surface area contributed by atoms with E-state index in [-0.39, 0.29) is 11.6 Å². The quantitative estimate of drug-likeness (QED) is 0.873. The average Bonchev–Trinajstić information content (AvgIpc) is 2.77. The van der Waals surface area contributed by atoms with Gasteiger partial charge in [0.25, 0.3) is 5.56 Å². The van der Waals surface area contributed by atoms with Crippen LogP contribution in [-0.2, 0) is 0 Å². The number of hydrogen-bond donors (Lipinski definition) is 1. The lowest BCUT2D eigenvalue weighted by atomic mass is 10.2. The van der Waals surface area contributed by atoms with E-state index in [9.17, 15) is 9.90 Å². The molecule has 0 bridgehead atoms. The van der Waals surface area contributed by atoms with Crippen LogP contribution in [0.2, 0.25) is 0 Å². The van der Waals surface area contributed by atoms with Crippen LogP contribution in [0.5, 0.6) is 0 Å². The molecule has 1 aliphatic carbocycles. The first-order valence-corrected chi connectivity index (χ1v) is 6.69. The molecule has 0 amide bonds. The molecular formula is C13H21N3O2. The number of rotatable bonds is 4. The fourth-order valence-corrected chi connectivity index (χ4v) is 2.63. The zero-order valence-corrected chi connectivity index (χ0v) is 11.0. The van der Waals surface area contributed by atoms with Gasteiger partial charge in [-0.2, -0.15) is 5.10 Å². The Morgan fingerprint density at radius 2 is 2.17 bits per heavy atom. The Hall–Kier alpha value is -1.36. The van der Waals surface area contributed by atoms with Crippen LogP contribution in [0.3, 0.4) is 0 Å². The van der Waals surface area contributed by atoms with Gasteiger partial charge in [-0.15, -0.1) is 0 Å². The van der Waals surface area contributed by atoms with E-state index < -0.39 is 6.10 Å². The predicted molar refractivity (Wildman–Crippen MR) is 71.0 cm³/mol. The molecule has 5 heteroatoms. The number of hydrogen-bond acceptors (Lipinski definition) is 4. The summed E-state index contributed by atoms with van der Waals surface area (Å²) in [5, 5.41) is 14.1. The fraction of sp³-hybridized carbons (Fsp3) is 0.692. The molecule has 1 N–H and O–H groups in total. The monoisotopic (exact) mass is 251 g/mol. The molecule has 1 fully saturated rings. The van der Waals surface area contributed by atoms with Gasteiger partial charge in [-0.3, -0.25) is 4.79 Å². The number of anilines is 1. The van der Waals surface area contributed by atoms with Gasteiger partial charge in [0, 0.05) is 19.2 Å². The maximum Gasteiger partial charge on any atom is 0.269 e. The lowest BCUT2D eigenvalue weighted by molar-refractivity contribution is 0.127. The lowest BCUT2D eigenvalue weighted by Crippen LogP contribution is -2.32. The summed E-state index contributed by atoms with van der Waals surface area (Å²) in [6.07, 6.45) is 3.83. The molecule has 0 saturated heterocycles. The lowest BCUT2D eigenvalue weighted by Gasteiger charge is -2.22. The molecule has 0 aromatic carbocycles. The summed E-state index contributed by atoms with van der Waals surface area (Å²) in [6, 6.07) is 1.47. The maximum absolute atomic E-state index is 12.1. The second-order valence-electron chi connectivity index (χ2n) is 4.73. The van der Waals surface area contributed by atoms with Crippen molar-refractivity contribution in [2.75, 3.05) is 18.0 Å². The molecule has 2 atom stereocenters. The first-order valence-electron chi connectivity index (χ1n) is 6.69. The van der Waals surface area contributed by atoms with Crippen LogP contribution in [0.15, 0.2) is 17.1 Å². The first kappa shape index (κ1) is 13.1. The summed E-state index contributed by atoms with van der Waals surface area (Å²) >= 11 is 0. The van der Waals surface area contributed by atoms with Gasteiger partial charge in [-0.05, 0) is 33.1 Å². The normalized spacial score (nSPS) is 23.3. The molecule has 0 aliphatic heterocycles. The highest BCUT2D eigenvalue weighted by atomic mass is 16.3. The molecular weight excluding hydrogens is 230 g/mol. The minimum atomic E-state index is -0.436. The first-order chi connectivity index (χ1) is 8.67. The molecule has 1 aromatic rings. The zero-order chi connectivity index (χ0) is 13.1. The molecule has 1 heterocycles. The molecule has 0 radical (unpaired) electrons. The molecule has 0 unspecified atom stereocenters. The standard InChI is InChI=1S/C13H21N3O2/c1-3-15(4-2)10-8-13(18)16(14-9-10)11-6-5-7-12(11)17/h8-9,11-12,17H,3-7H2,1-2H3/t11-,12-/m0/s1. The Bertz CT molecular complexity index is 454. The Morgan fingerprint density at radius 1 is 1.44 bits per heavy atom. The molecule has 2 rings (SSSR count). The van der Waals surface area contributed by atoms with E-state index in [1.54, 1.807) is 12.3 Å². The number of nitrogens with zero attached hydrogens (tertiary/aromatic N) is 3. The summed E-state index contributed by atoms with van der Waals surface area (Å²) in [5.41, 5.74) is 0.735. The molecule has 0 spiro atoms. The molecule has 1 aromatic heterocycles. The average molecular weight is 251 g/mol. The third-order valence-corrected chi connectivity index (χ3v) is 3.70. The minimum Gasteiger partial charge on any atom is -0.391 e. The van der Waals surface area contributed by atoms with Gasteiger partial charge in [0.05, 0.1) is 24.0 Å². The van der Waals surface area contributed by atoms with Gasteiger partial charge in [-0.25, -0.2) is 4.68 Å². The van der Waals surface area contributed by atoms with Crippen molar-refractivity contribution in [2.24, 2.45) is 0 Å². The SMILES string of the molecule is CCN(CC)c1cnn([C@H]2CCC[C@@H]2O)c(=O)c1. The van der Waals surface area contributed by atoms with E-state index in [1.165, 1.54) is 4.68 Å². The Morgan fingerprint density at radius 3 is 2.67 bits per heavy atom.